The number of phenolic OH excluding ortho intramolecular Hbond substituents is 2. The van der Waals surface area contributed by atoms with Crippen LogP contribution in [0.1, 0.15) is 31.9 Å². The molecule has 0 aliphatic carbocycles. The molecule has 2 aromatic rings. The van der Waals surface area contributed by atoms with Gasteiger partial charge in [0.05, 0.1) is 5.41 Å². The first-order valence-corrected chi connectivity index (χ1v) is 8.87. The van der Waals surface area contributed by atoms with Gasteiger partial charge in [-0.05, 0) is 56.2 Å². The largest absolute Gasteiger partial charge is 0.508 e. The monoisotopic (exact) mass is 396 g/mol. The summed E-state index contributed by atoms with van der Waals surface area (Å²) >= 11 is 0. The standard InChI is InChI=1S/C23H24O6/c1-14(2)20(26)28-22(29-21(27)15(3)4)23(5,16-6-10-18(24)11-7-16)17-8-12-19(25)13-9-17/h6-13,22,24-25H,1,3H2,2,4-5H3. The summed E-state index contributed by atoms with van der Waals surface area (Å²) in [5, 5.41) is 19.4. The molecule has 0 bridgehead atoms. The minimum Gasteiger partial charge on any atom is -0.508 e. The molecule has 0 atom stereocenters. The van der Waals surface area contributed by atoms with Gasteiger partial charge in [-0.15, -0.1) is 0 Å². The molecule has 0 unspecified atom stereocenters. The maximum Gasteiger partial charge on any atom is 0.336 e. The van der Waals surface area contributed by atoms with Crippen LogP contribution in [0.2, 0.25) is 0 Å². The molecule has 0 aromatic heterocycles. The van der Waals surface area contributed by atoms with Crippen molar-refractivity contribution in [1.29, 1.82) is 0 Å². The summed E-state index contributed by atoms with van der Waals surface area (Å²) in [6, 6.07) is 12.5. The van der Waals surface area contributed by atoms with E-state index in [1.807, 2.05) is 0 Å². The van der Waals surface area contributed by atoms with Crippen LogP contribution in [0.3, 0.4) is 0 Å². The minimum absolute atomic E-state index is 0.0521. The van der Waals surface area contributed by atoms with Crippen molar-refractivity contribution in [2.75, 3.05) is 0 Å². The van der Waals surface area contributed by atoms with E-state index in [0.717, 1.165) is 0 Å². The lowest BCUT2D eigenvalue weighted by Gasteiger charge is -2.37. The van der Waals surface area contributed by atoms with E-state index >= 15 is 0 Å². The number of phenols is 2. The molecule has 2 aromatic carbocycles. The molecule has 6 nitrogen and oxygen atoms in total. The van der Waals surface area contributed by atoms with Gasteiger partial charge in [0.25, 0.3) is 6.29 Å². The summed E-state index contributed by atoms with van der Waals surface area (Å²) < 4.78 is 11.0. The number of carbonyl (C=O) groups excluding carboxylic acids is 2. The Hall–Kier alpha value is -3.54. The normalized spacial score (nSPS) is 11.0. The van der Waals surface area contributed by atoms with Crippen LogP contribution in [0.25, 0.3) is 0 Å². The first-order chi connectivity index (χ1) is 13.6. The third kappa shape index (κ3) is 4.85. The number of benzene rings is 2. The van der Waals surface area contributed by atoms with Crippen molar-refractivity contribution in [3.05, 3.63) is 84.0 Å². The van der Waals surface area contributed by atoms with E-state index < -0.39 is 23.6 Å². The Kier molecular flexibility index (Phi) is 6.49. The van der Waals surface area contributed by atoms with Gasteiger partial charge in [0.2, 0.25) is 0 Å². The summed E-state index contributed by atoms with van der Waals surface area (Å²) in [7, 11) is 0. The van der Waals surface area contributed by atoms with Crippen molar-refractivity contribution in [1.82, 2.24) is 0 Å². The second-order valence-corrected chi connectivity index (χ2v) is 7.00. The quantitative estimate of drug-likeness (QED) is 0.418. The van der Waals surface area contributed by atoms with Crippen LogP contribution in [0.5, 0.6) is 11.5 Å². The maximum atomic E-state index is 12.3. The number of rotatable bonds is 7. The highest BCUT2D eigenvalue weighted by Crippen LogP contribution is 2.39. The summed E-state index contributed by atoms with van der Waals surface area (Å²) in [5.41, 5.74) is 0.322. The Morgan fingerprint density at radius 1 is 0.793 bits per heavy atom. The first-order valence-electron chi connectivity index (χ1n) is 8.87. The highest BCUT2D eigenvalue weighted by molar-refractivity contribution is 5.89. The average Bonchev–Trinajstić information content (AvgIpc) is 2.67. The highest BCUT2D eigenvalue weighted by atomic mass is 16.7. The number of hydrogen-bond donors (Lipinski definition) is 2. The van der Waals surface area contributed by atoms with E-state index in [9.17, 15) is 19.8 Å². The molecule has 0 aliphatic heterocycles. The van der Waals surface area contributed by atoms with Crippen LogP contribution < -0.4 is 0 Å². The molecule has 2 N–H and O–H groups in total. The molecule has 0 heterocycles. The zero-order chi connectivity index (χ0) is 21.8. The molecule has 6 heteroatoms. The summed E-state index contributed by atoms with van der Waals surface area (Å²) in [6.45, 7) is 11.8. The number of ether oxygens (including phenoxy) is 2. The van der Waals surface area contributed by atoms with Gasteiger partial charge in [-0.25, -0.2) is 9.59 Å². The van der Waals surface area contributed by atoms with Crippen molar-refractivity contribution in [3.63, 3.8) is 0 Å². The number of carbonyl (C=O) groups is 2. The van der Waals surface area contributed by atoms with Crippen molar-refractivity contribution < 1.29 is 29.3 Å². The van der Waals surface area contributed by atoms with Gasteiger partial charge >= 0.3 is 11.9 Å². The molecule has 2 rings (SSSR count). The molecular weight excluding hydrogens is 372 g/mol. The lowest BCUT2D eigenvalue weighted by atomic mass is 9.75. The van der Waals surface area contributed by atoms with E-state index in [1.165, 1.54) is 38.1 Å². The maximum absolute atomic E-state index is 12.3. The molecule has 0 spiro atoms. The van der Waals surface area contributed by atoms with E-state index in [0.29, 0.717) is 11.1 Å². The fourth-order valence-electron chi connectivity index (χ4n) is 2.71. The zero-order valence-corrected chi connectivity index (χ0v) is 16.6. The zero-order valence-electron chi connectivity index (χ0n) is 16.6. The highest BCUT2D eigenvalue weighted by Gasteiger charge is 2.43. The summed E-state index contributed by atoms with van der Waals surface area (Å²) in [5.74, 6) is -1.35. The predicted molar refractivity (Wildman–Crippen MR) is 108 cm³/mol. The Balaban J connectivity index is 2.67. The topological polar surface area (TPSA) is 93.1 Å². The SMILES string of the molecule is C=C(C)C(=O)OC(OC(=O)C(=C)C)C(C)(c1ccc(O)cc1)c1ccc(O)cc1. The summed E-state index contributed by atoms with van der Waals surface area (Å²) in [4.78, 5) is 24.6. The van der Waals surface area contributed by atoms with Crippen LogP contribution in [-0.4, -0.2) is 28.4 Å². The molecule has 152 valence electrons. The molecule has 29 heavy (non-hydrogen) atoms. The second kappa shape index (κ2) is 8.65. The van der Waals surface area contributed by atoms with Crippen molar-refractivity contribution in [2.24, 2.45) is 0 Å². The number of hydrogen-bond acceptors (Lipinski definition) is 6. The average molecular weight is 396 g/mol. The predicted octanol–water partition coefficient (Wildman–Crippen LogP) is 3.97. The molecular formula is C23H24O6. The lowest BCUT2D eigenvalue weighted by Crippen LogP contribution is -2.44. The van der Waals surface area contributed by atoms with E-state index in [-0.39, 0.29) is 22.6 Å². The van der Waals surface area contributed by atoms with E-state index in [4.69, 9.17) is 9.47 Å². The molecule has 0 radical (unpaired) electrons. The van der Waals surface area contributed by atoms with Gasteiger partial charge in [-0.3, -0.25) is 0 Å². The Morgan fingerprint density at radius 2 is 1.10 bits per heavy atom. The third-order valence-corrected chi connectivity index (χ3v) is 4.53. The number of aromatic hydroxyl groups is 2. The van der Waals surface area contributed by atoms with E-state index in [2.05, 4.69) is 13.2 Å². The fraction of sp³-hybridized carbons (Fsp3) is 0.217. The Labute approximate surface area is 169 Å². The number of esters is 2. The smallest absolute Gasteiger partial charge is 0.336 e. The minimum atomic E-state index is -1.37. The van der Waals surface area contributed by atoms with Crippen molar-refractivity contribution in [2.45, 2.75) is 32.5 Å². The van der Waals surface area contributed by atoms with Crippen LogP contribution in [0.15, 0.2) is 72.8 Å². The first kappa shape index (κ1) is 21.8. The van der Waals surface area contributed by atoms with Gasteiger partial charge in [0.1, 0.15) is 11.5 Å². The van der Waals surface area contributed by atoms with Gasteiger partial charge in [0, 0.05) is 11.1 Å². The lowest BCUT2D eigenvalue weighted by molar-refractivity contribution is -0.192. The molecule has 0 fully saturated rings. The van der Waals surface area contributed by atoms with Gasteiger partial charge < -0.3 is 19.7 Å². The van der Waals surface area contributed by atoms with Gasteiger partial charge in [0.15, 0.2) is 0 Å². The van der Waals surface area contributed by atoms with Crippen LogP contribution in [-0.2, 0) is 24.5 Å². The van der Waals surface area contributed by atoms with E-state index in [1.54, 1.807) is 31.2 Å². The van der Waals surface area contributed by atoms with Crippen molar-refractivity contribution >= 4 is 11.9 Å². The third-order valence-electron chi connectivity index (χ3n) is 4.53. The van der Waals surface area contributed by atoms with Crippen LogP contribution in [0.4, 0.5) is 0 Å². The molecule has 0 saturated heterocycles. The molecule has 0 saturated carbocycles. The fourth-order valence-corrected chi connectivity index (χ4v) is 2.71. The second-order valence-electron chi connectivity index (χ2n) is 7.00. The molecule has 0 amide bonds. The van der Waals surface area contributed by atoms with Crippen LogP contribution in [0, 0.1) is 0 Å². The summed E-state index contributed by atoms with van der Waals surface area (Å²) in [6.07, 6.45) is -1.37. The molecule has 0 aliphatic rings. The Bertz CT molecular complexity index is 851. The Morgan fingerprint density at radius 3 is 1.38 bits per heavy atom. The van der Waals surface area contributed by atoms with Crippen LogP contribution >= 0.6 is 0 Å². The van der Waals surface area contributed by atoms with Crippen molar-refractivity contribution in [3.8, 4) is 11.5 Å². The van der Waals surface area contributed by atoms with Gasteiger partial charge in [-0.1, -0.05) is 37.4 Å². The van der Waals surface area contributed by atoms with Gasteiger partial charge in [-0.2, -0.15) is 0 Å².